The van der Waals surface area contributed by atoms with Gasteiger partial charge in [-0.15, -0.1) is 0 Å². The maximum atomic E-state index is 12.5. The number of carbonyl (C=O) groups is 1. The number of Topliss-reactive ketones (excluding diaryl/α,β-unsaturated/α-hetero) is 1. The second-order valence-electron chi connectivity index (χ2n) is 10.8. The predicted octanol–water partition coefficient (Wildman–Crippen LogP) is 5.74. The van der Waals surface area contributed by atoms with Crippen molar-refractivity contribution >= 4 is 14.1 Å². The van der Waals surface area contributed by atoms with Crippen molar-refractivity contribution in [2.24, 2.45) is 28.6 Å². The molecule has 0 amide bonds. The Hall–Kier alpha value is -0.413. The van der Waals surface area contributed by atoms with Gasteiger partial charge in [-0.1, -0.05) is 25.5 Å². The standard InChI is InChI=1S/C22H36O2Si/c1-21-12-10-16(24-25(3,4)5)14-15(21)6-7-17-18-8-9-20(23)22(18,2)13-11-19(17)21/h11,15-18H,6-10,12-14H2,1-5H3/t15?,16?,17-,18-,21-,22-/m0/s1. The lowest BCUT2D eigenvalue weighted by molar-refractivity contribution is -0.127. The van der Waals surface area contributed by atoms with Gasteiger partial charge in [-0.05, 0) is 87.8 Å². The van der Waals surface area contributed by atoms with Crippen molar-refractivity contribution in [3.63, 3.8) is 0 Å². The lowest BCUT2D eigenvalue weighted by atomic mass is 9.49. The average Bonchev–Trinajstić information content (AvgIpc) is 2.82. The Morgan fingerprint density at radius 3 is 2.56 bits per heavy atom. The van der Waals surface area contributed by atoms with Crippen LogP contribution in [0.1, 0.15) is 65.2 Å². The number of hydrogen-bond donors (Lipinski definition) is 0. The van der Waals surface area contributed by atoms with Crippen LogP contribution in [0.4, 0.5) is 0 Å². The first kappa shape index (κ1) is 18.0. The number of ketones is 1. The van der Waals surface area contributed by atoms with Crippen molar-refractivity contribution in [2.75, 3.05) is 0 Å². The zero-order valence-electron chi connectivity index (χ0n) is 16.9. The molecule has 0 saturated heterocycles. The van der Waals surface area contributed by atoms with Crippen molar-refractivity contribution < 1.29 is 9.22 Å². The van der Waals surface area contributed by atoms with Gasteiger partial charge in [0.05, 0.1) is 0 Å². The summed E-state index contributed by atoms with van der Waals surface area (Å²) in [4.78, 5) is 12.5. The maximum absolute atomic E-state index is 12.5. The van der Waals surface area contributed by atoms with E-state index >= 15 is 0 Å². The zero-order chi connectivity index (χ0) is 18.0. The molecule has 25 heavy (non-hydrogen) atoms. The molecule has 0 aromatic rings. The summed E-state index contributed by atoms with van der Waals surface area (Å²) in [6.45, 7) is 11.8. The SMILES string of the molecule is C[C@]12CCC(O[Si](C)(C)C)CC1CC[C@@H]1C2=CC[C@]2(C)C(=O)CC[C@@H]12. The van der Waals surface area contributed by atoms with Crippen LogP contribution in [0.5, 0.6) is 0 Å². The summed E-state index contributed by atoms with van der Waals surface area (Å²) in [7, 11) is -1.45. The summed E-state index contributed by atoms with van der Waals surface area (Å²) in [5.74, 6) is 2.62. The molecule has 4 rings (SSSR count). The van der Waals surface area contributed by atoms with E-state index in [1.165, 1.54) is 32.1 Å². The van der Waals surface area contributed by atoms with Crippen LogP contribution >= 0.6 is 0 Å². The van der Waals surface area contributed by atoms with Crippen molar-refractivity contribution in [1.29, 1.82) is 0 Å². The van der Waals surface area contributed by atoms with Gasteiger partial charge in [-0.3, -0.25) is 4.79 Å². The van der Waals surface area contributed by atoms with E-state index in [4.69, 9.17) is 4.43 Å². The van der Waals surface area contributed by atoms with Crippen LogP contribution in [0.2, 0.25) is 19.6 Å². The fourth-order valence-electron chi connectivity index (χ4n) is 6.88. The largest absolute Gasteiger partial charge is 0.415 e. The highest BCUT2D eigenvalue weighted by atomic mass is 28.4. The number of carbonyl (C=O) groups excluding carboxylic acids is 1. The predicted molar refractivity (Wildman–Crippen MR) is 105 cm³/mol. The first-order chi connectivity index (χ1) is 11.6. The highest BCUT2D eigenvalue weighted by Gasteiger charge is 2.57. The van der Waals surface area contributed by atoms with E-state index < -0.39 is 8.32 Å². The van der Waals surface area contributed by atoms with E-state index in [0.717, 1.165) is 25.2 Å². The molecule has 0 radical (unpaired) electrons. The lowest BCUT2D eigenvalue weighted by Gasteiger charge is -2.56. The zero-order valence-corrected chi connectivity index (χ0v) is 17.9. The minimum absolute atomic E-state index is 0.0461. The molecule has 140 valence electrons. The third kappa shape index (κ3) is 2.81. The topological polar surface area (TPSA) is 26.3 Å². The molecule has 0 aliphatic heterocycles. The third-order valence-corrected chi connectivity index (χ3v) is 9.25. The smallest absolute Gasteiger partial charge is 0.184 e. The molecule has 2 nitrogen and oxygen atoms in total. The Morgan fingerprint density at radius 1 is 1.08 bits per heavy atom. The van der Waals surface area contributed by atoms with Crippen LogP contribution in [-0.4, -0.2) is 20.2 Å². The maximum Gasteiger partial charge on any atom is 0.184 e. The molecule has 3 saturated carbocycles. The minimum Gasteiger partial charge on any atom is -0.415 e. The monoisotopic (exact) mass is 360 g/mol. The number of allylic oxidation sites excluding steroid dienone is 2. The molecule has 3 fully saturated rings. The second kappa shape index (κ2) is 5.79. The van der Waals surface area contributed by atoms with Crippen LogP contribution < -0.4 is 0 Å². The Balaban J connectivity index is 1.57. The van der Waals surface area contributed by atoms with Gasteiger partial charge in [-0.2, -0.15) is 0 Å². The van der Waals surface area contributed by atoms with Gasteiger partial charge in [-0.25, -0.2) is 0 Å². The molecule has 4 aliphatic carbocycles. The quantitative estimate of drug-likeness (QED) is 0.464. The van der Waals surface area contributed by atoms with Crippen molar-refractivity contribution in [3.05, 3.63) is 11.6 Å². The number of hydrogen-bond acceptors (Lipinski definition) is 2. The van der Waals surface area contributed by atoms with E-state index in [2.05, 4.69) is 39.6 Å². The highest BCUT2D eigenvalue weighted by molar-refractivity contribution is 6.69. The molecule has 0 heterocycles. The molecule has 0 aromatic carbocycles. The summed E-state index contributed by atoms with van der Waals surface area (Å²) in [6.07, 6.45) is 12.4. The van der Waals surface area contributed by atoms with Crippen molar-refractivity contribution in [3.8, 4) is 0 Å². The summed E-state index contributed by atoms with van der Waals surface area (Å²) < 4.78 is 6.48. The summed E-state index contributed by atoms with van der Waals surface area (Å²) in [5, 5.41) is 0. The van der Waals surface area contributed by atoms with Gasteiger partial charge in [0.25, 0.3) is 0 Å². The molecule has 4 aliphatic rings. The summed E-state index contributed by atoms with van der Waals surface area (Å²) in [5.41, 5.74) is 2.07. The number of fused-ring (bicyclic) bond motifs is 5. The molecule has 2 unspecified atom stereocenters. The van der Waals surface area contributed by atoms with Gasteiger partial charge in [0.15, 0.2) is 8.32 Å². The Bertz CT molecular complexity index is 604. The molecular formula is C22H36O2Si. The fraction of sp³-hybridized carbons (Fsp3) is 0.864. The van der Waals surface area contributed by atoms with Gasteiger partial charge >= 0.3 is 0 Å². The van der Waals surface area contributed by atoms with Crippen molar-refractivity contribution in [2.45, 2.75) is 91.0 Å². The van der Waals surface area contributed by atoms with Gasteiger partial charge < -0.3 is 4.43 Å². The fourth-order valence-corrected chi connectivity index (χ4v) is 8.09. The van der Waals surface area contributed by atoms with Gasteiger partial charge in [0.1, 0.15) is 5.78 Å². The number of rotatable bonds is 2. The Kier molecular flexibility index (Phi) is 4.16. The van der Waals surface area contributed by atoms with E-state index in [9.17, 15) is 4.79 Å². The van der Waals surface area contributed by atoms with Crippen molar-refractivity contribution in [1.82, 2.24) is 0 Å². The Labute approximate surface area is 154 Å². The summed E-state index contributed by atoms with van der Waals surface area (Å²) in [6, 6.07) is 0. The van der Waals surface area contributed by atoms with Crippen LogP contribution in [0.3, 0.4) is 0 Å². The lowest BCUT2D eigenvalue weighted by Crippen LogP contribution is -2.49. The van der Waals surface area contributed by atoms with Gasteiger partial charge in [0, 0.05) is 17.9 Å². The second-order valence-corrected chi connectivity index (χ2v) is 15.2. The molecule has 3 heteroatoms. The van der Waals surface area contributed by atoms with E-state index in [1.807, 2.05) is 0 Å². The van der Waals surface area contributed by atoms with Crippen LogP contribution in [0, 0.1) is 28.6 Å². The minimum atomic E-state index is -1.45. The molecule has 0 spiro atoms. The molecular weight excluding hydrogens is 324 g/mol. The van der Waals surface area contributed by atoms with Gasteiger partial charge in [0.2, 0.25) is 0 Å². The van der Waals surface area contributed by atoms with Crippen LogP contribution in [-0.2, 0) is 9.22 Å². The normalized spacial score (nSPS) is 46.9. The van der Waals surface area contributed by atoms with E-state index in [1.54, 1.807) is 5.57 Å². The highest BCUT2D eigenvalue weighted by Crippen LogP contribution is 2.63. The first-order valence-corrected chi connectivity index (χ1v) is 14.0. The molecule has 0 N–H and O–H groups in total. The first-order valence-electron chi connectivity index (χ1n) is 10.6. The Morgan fingerprint density at radius 2 is 1.84 bits per heavy atom. The third-order valence-electron chi connectivity index (χ3n) is 8.21. The molecule has 0 aromatic heterocycles. The molecule has 0 bridgehead atoms. The summed E-state index contributed by atoms with van der Waals surface area (Å²) >= 11 is 0. The van der Waals surface area contributed by atoms with E-state index in [0.29, 0.717) is 29.1 Å². The average molecular weight is 361 g/mol. The van der Waals surface area contributed by atoms with Crippen LogP contribution in [0.25, 0.3) is 0 Å². The van der Waals surface area contributed by atoms with E-state index in [-0.39, 0.29) is 5.41 Å². The van der Waals surface area contributed by atoms with Crippen LogP contribution in [0.15, 0.2) is 11.6 Å². The molecule has 6 atom stereocenters.